The average molecular weight is 372 g/mol. The number of thioether (sulfide) groups is 1. The van der Waals surface area contributed by atoms with Gasteiger partial charge in [-0.05, 0) is 49.2 Å². The van der Waals surface area contributed by atoms with Crippen LogP contribution in [0.2, 0.25) is 0 Å². The van der Waals surface area contributed by atoms with Gasteiger partial charge in [-0.2, -0.15) is 0 Å². The minimum absolute atomic E-state index is 0.827. The Morgan fingerprint density at radius 2 is 1.59 bits per heavy atom. The molecular formula is C22H20N4S. The summed E-state index contributed by atoms with van der Waals surface area (Å²) in [5.74, 6) is 1.68. The van der Waals surface area contributed by atoms with Gasteiger partial charge >= 0.3 is 0 Å². The topological polar surface area (TPSA) is 43.6 Å². The van der Waals surface area contributed by atoms with E-state index in [1.807, 2.05) is 12.1 Å². The lowest BCUT2D eigenvalue weighted by molar-refractivity contribution is 0.885. The lowest BCUT2D eigenvalue weighted by atomic mass is 10.1. The lowest BCUT2D eigenvalue weighted by Gasteiger charge is -2.11. The first kappa shape index (κ1) is 17.5. The molecule has 0 aliphatic rings. The third kappa shape index (κ3) is 3.78. The molecule has 5 heteroatoms. The number of rotatable bonds is 5. The first-order valence-electron chi connectivity index (χ1n) is 8.82. The van der Waals surface area contributed by atoms with Gasteiger partial charge in [0.05, 0.1) is 0 Å². The summed E-state index contributed by atoms with van der Waals surface area (Å²) in [5.41, 5.74) is 5.89. The first-order chi connectivity index (χ1) is 13.2. The Kier molecular flexibility index (Phi) is 5.03. The summed E-state index contributed by atoms with van der Waals surface area (Å²) < 4.78 is 2.12. The largest absolute Gasteiger partial charge is 0.270 e. The van der Waals surface area contributed by atoms with E-state index in [2.05, 4.69) is 82.1 Å². The van der Waals surface area contributed by atoms with Crippen LogP contribution in [0.4, 0.5) is 0 Å². The molecule has 0 fully saturated rings. The van der Waals surface area contributed by atoms with E-state index >= 15 is 0 Å². The molecule has 0 radical (unpaired) electrons. The van der Waals surface area contributed by atoms with Crippen LogP contribution < -0.4 is 0 Å². The molecule has 0 unspecified atom stereocenters. The predicted molar refractivity (Wildman–Crippen MR) is 110 cm³/mol. The second kappa shape index (κ2) is 7.76. The quantitative estimate of drug-likeness (QED) is 0.450. The summed E-state index contributed by atoms with van der Waals surface area (Å²) in [6, 6.07) is 20.8. The van der Waals surface area contributed by atoms with Crippen molar-refractivity contribution in [2.24, 2.45) is 0 Å². The van der Waals surface area contributed by atoms with Crippen LogP contribution in [0.15, 0.2) is 78.2 Å². The van der Waals surface area contributed by atoms with E-state index in [4.69, 9.17) is 0 Å². The van der Waals surface area contributed by atoms with Crippen molar-refractivity contribution < 1.29 is 0 Å². The van der Waals surface area contributed by atoms with Crippen molar-refractivity contribution in [3.05, 3.63) is 89.7 Å². The summed E-state index contributed by atoms with van der Waals surface area (Å²) in [6.45, 7) is 4.23. The number of hydrogen-bond acceptors (Lipinski definition) is 4. The third-order valence-electron chi connectivity index (χ3n) is 4.48. The number of nitrogens with zero attached hydrogens (tertiary/aromatic N) is 4. The molecule has 134 valence electrons. The highest BCUT2D eigenvalue weighted by Gasteiger charge is 2.16. The summed E-state index contributed by atoms with van der Waals surface area (Å²) in [6.07, 6.45) is 3.56. The fourth-order valence-electron chi connectivity index (χ4n) is 2.89. The normalized spacial score (nSPS) is 10.9. The summed E-state index contributed by atoms with van der Waals surface area (Å²) in [4.78, 5) is 4.11. The highest BCUT2D eigenvalue weighted by molar-refractivity contribution is 7.98. The molecule has 2 aromatic heterocycles. The molecule has 4 aromatic rings. The molecular weight excluding hydrogens is 352 g/mol. The minimum Gasteiger partial charge on any atom is -0.270 e. The van der Waals surface area contributed by atoms with Gasteiger partial charge in [0, 0.05) is 29.4 Å². The van der Waals surface area contributed by atoms with E-state index in [-0.39, 0.29) is 0 Å². The first-order valence-corrected chi connectivity index (χ1v) is 9.81. The molecule has 0 N–H and O–H groups in total. The molecule has 4 nitrogen and oxygen atoms in total. The Balaban J connectivity index is 1.74. The fraction of sp³-hybridized carbons (Fsp3) is 0.136. The molecule has 27 heavy (non-hydrogen) atoms. The van der Waals surface area contributed by atoms with Gasteiger partial charge in [-0.3, -0.25) is 9.55 Å². The van der Waals surface area contributed by atoms with Crippen molar-refractivity contribution >= 4 is 11.8 Å². The van der Waals surface area contributed by atoms with Crippen molar-refractivity contribution in [2.75, 3.05) is 0 Å². The van der Waals surface area contributed by atoms with Gasteiger partial charge in [-0.1, -0.05) is 53.7 Å². The zero-order chi connectivity index (χ0) is 18.6. The van der Waals surface area contributed by atoms with Crippen LogP contribution in [0, 0.1) is 13.8 Å². The third-order valence-corrected chi connectivity index (χ3v) is 5.46. The monoisotopic (exact) mass is 372 g/mol. The molecule has 4 rings (SSSR count). The Morgan fingerprint density at radius 3 is 2.33 bits per heavy atom. The van der Waals surface area contributed by atoms with Crippen molar-refractivity contribution in [3.63, 3.8) is 0 Å². The highest BCUT2D eigenvalue weighted by Crippen LogP contribution is 2.30. The van der Waals surface area contributed by atoms with Gasteiger partial charge in [0.25, 0.3) is 0 Å². The molecule has 0 aliphatic carbocycles. The molecule has 0 aliphatic heterocycles. The Labute approximate surface area is 163 Å². The van der Waals surface area contributed by atoms with Crippen molar-refractivity contribution in [3.8, 4) is 17.1 Å². The number of aryl methyl sites for hydroxylation is 2. The van der Waals surface area contributed by atoms with Crippen molar-refractivity contribution in [1.29, 1.82) is 0 Å². The number of aromatic nitrogens is 4. The van der Waals surface area contributed by atoms with Crippen molar-refractivity contribution in [1.82, 2.24) is 19.7 Å². The van der Waals surface area contributed by atoms with E-state index in [0.717, 1.165) is 28.0 Å². The second-order valence-electron chi connectivity index (χ2n) is 6.43. The number of hydrogen-bond donors (Lipinski definition) is 0. The Bertz CT molecular complexity index is 1040. The van der Waals surface area contributed by atoms with Crippen LogP contribution in [-0.4, -0.2) is 19.7 Å². The van der Waals surface area contributed by atoms with E-state index in [0.29, 0.717) is 0 Å². The molecule has 0 spiro atoms. The number of benzene rings is 2. The summed E-state index contributed by atoms with van der Waals surface area (Å²) in [7, 11) is 0. The van der Waals surface area contributed by atoms with Gasteiger partial charge in [0.1, 0.15) is 0 Å². The maximum atomic E-state index is 4.49. The van der Waals surface area contributed by atoms with Gasteiger partial charge in [0.2, 0.25) is 0 Å². The minimum atomic E-state index is 0.827. The molecule has 0 bridgehead atoms. The van der Waals surface area contributed by atoms with E-state index in [9.17, 15) is 0 Å². The molecule has 0 amide bonds. The Morgan fingerprint density at radius 1 is 0.852 bits per heavy atom. The highest BCUT2D eigenvalue weighted by atomic mass is 32.2. The zero-order valence-corrected chi connectivity index (χ0v) is 16.1. The maximum absolute atomic E-state index is 4.49. The van der Waals surface area contributed by atoms with Gasteiger partial charge < -0.3 is 0 Å². The standard InChI is InChI=1S/C22H20N4S/c1-16-7-9-20(10-8-16)26-21(18-11-13-23-14-12-18)24-25-22(26)27-15-19-6-4-3-5-17(19)2/h3-14H,15H2,1-2H3. The van der Waals surface area contributed by atoms with E-state index in [1.54, 1.807) is 24.2 Å². The number of pyridine rings is 1. The molecule has 0 atom stereocenters. The van der Waals surface area contributed by atoms with Crippen LogP contribution in [0.25, 0.3) is 17.1 Å². The molecule has 0 saturated heterocycles. The zero-order valence-electron chi connectivity index (χ0n) is 15.3. The summed E-state index contributed by atoms with van der Waals surface area (Å²) >= 11 is 1.70. The molecule has 2 heterocycles. The van der Waals surface area contributed by atoms with Crippen LogP contribution in [0.3, 0.4) is 0 Å². The molecule has 0 saturated carbocycles. The Hall–Kier alpha value is -2.92. The van der Waals surface area contributed by atoms with Gasteiger partial charge in [-0.15, -0.1) is 10.2 Å². The lowest BCUT2D eigenvalue weighted by Crippen LogP contribution is -2.00. The SMILES string of the molecule is Cc1ccc(-n2c(SCc3ccccc3C)nnc2-c2ccncc2)cc1. The summed E-state index contributed by atoms with van der Waals surface area (Å²) in [5, 5.41) is 9.86. The van der Waals surface area contributed by atoms with Crippen LogP contribution in [0.1, 0.15) is 16.7 Å². The second-order valence-corrected chi connectivity index (χ2v) is 7.37. The van der Waals surface area contributed by atoms with Crippen molar-refractivity contribution in [2.45, 2.75) is 24.8 Å². The smallest absolute Gasteiger partial charge is 0.196 e. The van der Waals surface area contributed by atoms with E-state index < -0.39 is 0 Å². The van der Waals surface area contributed by atoms with Crippen LogP contribution in [0.5, 0.6) is 0 Å². The fourth-order valence-corrected chi connectivity index (χ4v) is 3.92. The van der Waals surface area contributed by atoms with E-state index in [1.165, 1.54) is 16.7 Å². The van der Waals surface area contributed by atoms with Gasteiger partial charge in [0.15, 0.2) is 11.0 Å². The average Bonchev–Trinajstić information content (AvgIpc) is 3.12. The van der Waals surface area contributed by atoms with Gasteiger partial charge in [-0.25, -0.2) is 0 Å². The van der Waals surface area contributed by atoms with Crippen LogP contribution in [-0.2, 0) is 5.75 Å². The maximum Gasteiger partial charge on any atom is 0.196 e. The predicted octanol–water partition coefficient (Wildman–Crippen LogP) is 5.24. The molecule has 2 aromatic carbocycles. The van der Waals surface area contributed by atoms with Crippen LogP contribution >= 0.6 is 11.8 Å².